The highest BCUT2D eigenvalue weighted by Gasteiger charge is 2.00. The predicted molar refractivity (Wildman–Crippen MR) is 112 cm³/mol. The van der Waals surface area contributed by atoms with Crippen molar-refractivity contribution in [1.29, 1.82) is 0 Å². The van der Waals surface area contributed by atoms with Gasteiger partial charge in [0.2, 0.25) is 0 Å². The van der Waals surface area contributed by atoms with Crippen molar-refractivity contribution in [2.75, 3.05) is 10.6 Å². The van der Waals surface area contributed by atoms with Crippen molar-refractivity contribution in [3.63, 3.8) is 0 Å². The third-order valence-electron chi connectivity index (χ3n) is 3.84. The van der Waals surface area contributed by atoms with Crippen molar-refractivity contribution in [2.45, 2.75) is 34.1 Å². The fourth-order valence-electron chi connectivity index (χ4n) is 2.78. The first-order chi connectivity index (χ1) is 12.8. The van der Waals surface area contributed by atoms with Gasteiger partial charge in [-0.3, -0.25) is 9.59 Å². The van der Waals surface area contributed by atoms with E-state index in [0.717, 1.165) is 29.2 Å². The molecule has 0 aliphatic rings. The molecule has 0 saturated carbocycles. The van der Waals surface area contributed by atoms with E-state index in [4.69, 9.17) is 0 Å². The minimum Gasteiger partial charge on any atom is -0.359 e. The summed E-state index contributed by atoms with van der Waals surface area (Å²) >= 11 is 0. The average molecular weight is 362 g/mol. The minimum atomic E-state index is 0.0292. The Balaban J connectivity index is 1.97. The molecule has 0 aromatic heterocycles. The Morgan fingerprint density at radius 3 is 1.30 bits per heavy atom. The molecule has 0 aliphatic carbocycles. The van der Waals surface area contributed by atoms with Crippen LogP contribution in [0.25, 0.3) is 0 Å². The highest BCUT2D eigenvalue weighted by atomic mass is 16.1. The number of benzene rings is 2. The summed E-state index contributed by atoms with van der Waals surface area (Å²) in [5.41, 5.74) is 5.99. The van der Waals surface area contributed by atoms with E-state index in [2.05, 4.69) is 34.9 Å². The van der Waals surface area contributed by atoms with Crippen LogP contribution in [0, 0.1) is 0 Å². The number of carbonyl (C=O) groups excluding carboxylic acids is 2. The van der Waals surface area contributed by atoms with Gasteiger partial charge < -0.3 is 10.6 Å². The van der Waals surface area contributed by atoms with Gasteiger partial charge >= 0.3 is 0 Å². The molecule has 0 unspecified atom stereocenters. The van der Waals surface area contributed by atoms with Crippen LogP contribution < -0.4 is 10.6 Å². The molecule has 0 atom stereocenters. The minimum absolute atomic E-state index is 0.0292. The van der Waals surface area contributed by atoms with Crippen molar-refractivity contribution in [1.82, 2.24) is 0 Å². The van der Waals surface area contributed by atoms with Gasteiger partial charge in [0, 0.05) is 22.8 Å². The molecule has 0 aliphatic heterocycles. The standard InChI is InChI=1S/C23H26N2O2/c1-16(13-18(3)26)24-22-9-5-20(6-10-22)15-21-7-11-23(12-8-21)25-17(2)14-19(4)27/h5-14,24-25H,15H2,1-4H3/b16-13-,17-14?. The summed E-state index contributed by atoms with van der Waals surface area (Å²) in [4.78, 5) is 22.2. The van der Waals surface area contributed by atoms with Crippen molar-refractivity contribution in [3.8, 4) is 0 Å². The van der Waals surface area contributed by atoms with Gasteiger partial charge in [0.05, 0.1) is 0 Å². The Labute approximate surface area is 161 Å². The third-order valence-corrected chi connectivity index (χ3v) is 3.84. The van der Waals surface area contributed by atoms with Gasteiger partial charge in [0.1, 0.15) is 0 Å². The highest BCUT2D eigenvalue weighted by molar-refractivity contribution is 5.88. The molecular weight excluding hydrogens is 336 g/mol. The molecule has 0 fully saturated rings. The van der Waals surface area contributed by atoms with E-state index in [1.54, 1.807) is 12.2 Å². The molecule has 4 nitrogen and oxygen atoms in total. The van der Waals surface area contributed by atoms with Crippen LogP contribution >= 0.6 is 0 Å². The molecule has 0 radical (unpaired) electrons. The first kappa shape index (κ1) is 20.2. The van der Waals surface area contributed by atoms with E-state index in [0.29, 0.717) is 0 Å². The smallest absolute Gasteiger partial charge is 0.154 e. The van der Waals surface area contributed by atoms with Crippen LogP contribution in [-0.2, 0) is 16.0 Å². The van der Waals surface area contributed by atoms with Gasteiger partial charge in [-0.25, -0.2) is 0 Å². The summed E-state index contributed by atoms with van der Waals surface area (Å²) in [6.07, 6.45) is 4.00. The second-order valence-electron chi connectivity index (χ2n) is 6.70. The summed E-state index contributed by atoms with van der Waals surface area (Å²) in [6, 6.07) is 16.4. The van der Waals surface area contributed by atoms with Gasteiger partial charge in [0.25, 0.3) is 0 Å². The van der Waals surface area contributed by atoms with Gasteiger partial charge in [-0.05, 0) is 81.7 Å². The number of allylic oxidation sites excluding steroid dienone is 4. The number of anilines is 2. The number of rotatable bonds is 8. The lowest BCUT2D eigenvalue weighted by Crippen LogP contribution is -1.99. The van der Waals surface area contributed by atoms with Gasteiger partial charge in [-0.2, -0.15) is 0 Å². The topological polar surface area (TPSA) is 58.2 Å². The van der Waals surface area contributed by atoms with E-state index in [-0.39, 0.29) is 11.6 Å². The van der Waals surface area contributed by atoms with E-state index in [1.807, 2.05) is 38.1 Å². The maximum atomic E-state index is 11.1. The fourth-order valence-corrected chi connectivity index (χ4v) is 2.78. The van der Waals surface area contributed by atoms with Crippen molar-refractivity contribution in [2.24, 2.45) is 0 Å². The van der Waals surface area contributed by atoms with Crippen LogP contribution in [0.3, 0.4) is 0 Å². The lowest BCUT2D eigenvalue weighted by atomic mass is 10.0. The Morgan fingerprint density at radius 1 is 0.667 bits per heavy atom. The Hall–Kier alpha value is -3.14. The number of hydrogen-bond donors (Lipinski definition) is 2. The largest absolute Gasteiger partial charge is 0.359 e. The van der Waals surface area contributed by atoms with Crippen LogP contribution in [0.1, 0.15) is 38.8 Å². The molecule has 2 aromatic rings. The van der Waals surface area contributed by atoms with Crippen molar-refractivity contribution in [3.05, 3.63) is 83.2 Å². The molecule has 27 heavy (non-hydrogen) atoms. The molecule has 4 heteroatoms. The van der Waals surface area contributed by atoms with Crippen LogP contribution in [0.4, 0.5) is 11.4 Å². The summed E-state index contributed by atoms with van der Waals surface area (Å²) in [5, 5.41) is 6.41. The molecule has 0 amide bonds. The third kappa shape index (κ3) is 7.32. The van der Waals surface area contributed by atoms with Crippen molar-refractivity contribution < 1.29 is 9.59 Å². The average Bonchev–Trinajstić information content (AvgIpc) is 2.57. The van der Waals surface area contributed by atoms with Crippen LogP contribution in [0.5, 0.6) is 0 Å². The van der Waals surface area contributed by atoms with Crippen LogP contribution in [-0.4, -0.2) is 11.6 Å². The summed E-state index contributed by atoms with van der Waals surface area (Å²) in [6.45, 7) is 6.82. The second kappa shape index (κ2) is 9.53. The number of hydrogen-bond acceptors (Lipinski definition) is 4. The number of carbonyl (C=O) groups is 2. The van der Waals surface area contributed by atoms with Crippen molar-refractivity contribution >= 4 is 22.9 Å². The first-order valence-electron chi connectivity index (χ1n) is 8.91. The lowest BCUT2D eigenvalue weighted by Gasteiger charge is -2.09. The van der Waals surface area contributed by atoms with E-state index < -0.39 is 0 Å². The van der Waals surface area contributed by atoms with Gasteiger partial charge in [-0.15, -0.1) is 0 Å². The Morgan fingerprint density at radius 2 is 1.00 bits per heavy atom. The van der Waals surface area contributed by atoms with E-state index in [9.17, 15) is 9.59 Å². The molecule has 2 N–H and O–H groups in total. The predicted octanol–water partition coefficient (Wildman–Crippen LogP) is 5.09. The zero-order valence-electron chi connectivity index (χ0n) is 16.3. The maximum Gasteiger partial charge on any atom is 0.154 e. The summed E-state index contributed by atoms with van der Waals surface area (Å²) < 4.78 is 0. The van der Waals surface area contributed by atoms with Gasteiger partial charge in [-0.1, -0.05) is 24.3 Å². The van der Waals surface area contributed by atoms with Crippen LogP contribution in [0.15, 0.2) is 72.1 Å². The maximum absolute atomic E-state index is 11.1. The summed E-state index contributed by atoms with van der Waals surface area (Å²) in [7, 11) is 0. The molecule has 0 heterocycles. The number of nitrogens with one attached hydrogen (secondary N) is 2. The normalized spacial score (nSPS) is 11.9. The molecular formula is C23H26N2O2. The monoisotopic (exact) mass is 362 g/mol. The number of ketones is 2. The molecule has 0 spiro atoms. The lowest BCUT2D eigenvalue weighted by molar-refractivity contribution is -0.113. The second-order valence-corrected chi connectivity index (χ2v) is 6.70. The quantitative estimate of drug-likeness (QED) is 0.643. The van der Waals surface area contributed by atoms with Crippen LogP contribution in [0.2, 0.25) is 0 Å². The first-order valence-corrected chi connectivity index (χ1v) is 8.91. The SMILES string of the molecule is CC(=O)C=C(C)Nc1ccc(Cc2ccc(N/C(C)=C\C(C)=O)cc2)cc1. The summed E-state index contributed by atoms with van der Waals surface area (Å²) in [5.74, 6) is 0.0584. The molecule has 2 rings (SSSR count). The van der Waals surface area contributed by atoms with E-state index in [1.165, 1.54) is 25.0 Å². The highest BCUT2D eigenvalue weighted by Crippen LogP contribution is 2.17. The Kier molecular flexibility index (Phi) is 7.12. The zero-order valence-corrected chi connectivity index (χ0v) is 16.3. The fraction of sp³-hybridized carbons (Fsp3) is 0.217. The molecule has 0 bridgehead atoms. The molecule has 140 valence electrons. The molecule has 0 saturated heterocycles. The Bertz CT molecular complexity index is 787. The molecule has 2 aromatic carbocycles. The van der Waals surface area contributed by atoms with Gasteiger partial charge in [0.15, 0.2) is 11.6 Å². The zero-order chi connectivity index (χ0) is 19.8. The van der Waals surface area contributed by atoms with E-state index >= 15 is 0 Å².